The standard InChI is InChI=1S/C16H19F3N2O3/c17-16(18,19)14-5-3-11(20)9-21(14)15(22)10-2-4-12-13(8-10)24-7-1-6-23-12/h2,4,8,11,14H,1,3,5-7,9,20H2/t11-,14-/m1/s1. The lowest BCUT2D eigenvalue weighted by Gasteiger charge is -2.39. The number of halogens is 3. The Kier molecular flexibility index (Phi) is 4.58. The van der Waals surface area contributed by atoms with Gasteiger partial charge >= 0.3 is 6.18 Å². The predicted octanol–water partition coefficient (Wildman–Crippen LogP) is 2.34. The summed E-state index contributed by atoms with van der Waals surface area (Å²) in [5.41, 5.74) is 5.91. The van der Waals surface area contributed by atoms with Gasteiger partial charge in [-0.15, -0.1) is 0 Å². The van der Waals surface area contributed by atoms with Crippen LogP contribution in [0, 0.1) is 0 Å². The molecular weight excluding hydrogens is 325 g/mol. The Morgan fingerprint density at radius 3 is 2.58 bits per heavy atom. The van der Waals surface area contributed by atoms with Crippen molar-refractivity contribution < 1.29 is 27.4 Å². The first-order valence-electron chi connectivity index (χ1n) is 7.89. The van der Waals surface area contributed by atoms with Crippen molar-refractivity contribution in [2.75, 3.05) is 19.8 Å². The minimum atomic E-state index is -4.47. The summed E-state index contributed by atoms with van der Waals surface area (Å²) >= 11 is 0. The van der Waals surface area contributed by atoms with Gasteiger partial charge in [0.05, 0.1) is 13.2 Å². The van der Waals surface area contributed by atoms with Crippen molar-refractivity contribution in [3.8, 4) is 11.5 Å². The molecule has 0 aromatic heterocycles. The fourth-order valence-corrected chi connectivity index (χ4v) is 3.03. The fourth-order valence-electron chi connectivity index (χ4n) is 3.03. The zero-order valence-electron chi connectivity index (χ0n) is 13.0. The topological polar surface area (TPSA) is 64.8 Å². The van der Waals surface area contributed by atoms with E-state index < -0.39 is 24.2 Å². The lowest BCUT2D eigenvalue weighted by Crippen LogP contribution is -2.56. The van der Waals surface area contributed by atoms with Gasteiger partial charge in [0.25, 0.3) is 5.91 Å². The van der Waals surface area contributed by atoms with Gasteiger partial charge in [-0.2, -0.15) is 13.2 Å². The number of likely N-dealkylation sites (tertiary alicyclic amines) is 1. The number of alkyl halides is 3. The molecule has 2 aliphatic rings. The summed E-state index contributed by atoms with van der Waals surface area (Å²) in [6.07, 6.45) is -3.70. The van der Waals surface area contributed by atoms with Crippen LogP contribution in [0.4, 0.5) is 13.2 Å². The largest absolute Gasteiger partial charge is 0.490 e. The van der Waals surface area contributed by atoms with Crippen molar-refractivity contribution in [2.45, 2.75) is 37.5 Å². The summed E-state index contributed by atoms with van der Waals surface area (Å²) < 4.78 is 50.7. The lowest BCUT2D eigenvalue weighted by atomic mass is 9.97. The first-order valence-corrected chi connectivity index (χ1v) is 7.89. The summed E-state index contributed by atoms with van der Waals surface area (Å²) in [5, 5.41) is 0. The third-order valence-electron chi connectivity index (χ3n) is 4.25. The van der Waals surface area contributed by atoms with Crippen LogP contribution in [0.2, 0.25) is 0 Å². The molecule has 0 radical (unpaired) electrons. The Hall–Kier alpha value is -1.96. The number of nitrogens with zero attached hydrogens (tertiary/aromatic N) is 1. The zero-order valence-corrected chi connectivity index (χ0v) is 13.0. The summed E-state index contributed by atoms with van der Waals surface area (Å²) in [7, 11) is 0. The number of nitrogens with two attached hydrogens (primary N) is 1. The molecule has 1 fully saturated rings. The molecule has 1 aromatic carbocycles. The van der Waals surface area contributed by atoms with Gasteiger partial charge in [0.1, 0.15) is 6.04 Å². The van der Waals surface area contributed by atoms with E-state index in [2.05, 4.69) is 0 Å². The average Bonchev–Trinajstić information content (AvgIpc) is 2.77. The number of hydrogen-bond donors (Lipinski definition) is 1. The third-order valence-corrected chi connectivity index (χ3v) is 4.25. The molecule has 2 aliphatic heterocycles. The first-order chi connectivity index (χ1) is 11.4. The van der Waals surface area contributed by atoms with Crippen molar-refractivity contribution in [3.63, 3.8) is 0 Å². The van der Waals surface area contributed by atoms with E-state index >= 15 is 0 Å². The van der Waals surface area contributed by atoms with Gasteiger partial charge in [0, 0.05) is 24.6 Å². The van der Waals surface area contributed by atoms with E-state index in [-0.39, 0.29) is 24.9 Å². The smallest absolute Gasteiger partial charge is 0.408 e. The number of rotatable bonds is 1. The summed E-state index contributed by atoms with van der Waals surface area (Å²) in [6, 6.07) is 2.20. The molecule has 0 saturated carbocycles. The number of fused-ring (bicyclic) bond motifs is 1. The molecule has 0 aliphatic carbocycles. The van der Waals surface area contributed by atoms with Crippen LogP contribution >= 0.6 is 0 Å². The van der Waals surface area contributed by atoms with Gasteiger partial charge in [-0.1, -0.05) is 0 Å². The molecule has 0 bridgehead atoms. The number of amides is 1. The minimum absolute atomic E-state index is 0.114. The van der Waals surface area contributed by atoms with Crippen LogP contribution in [-0.4, -0.2) is 48.8 Å². The zero-order chi connectivity index (χ0) is 17.3. The molecule has 1 saturated heterocycles. The number of carbonyl (C=O) groups is 1. The minimum Gasteiger partial charge on any atom is -0.490 e. The second kappa shape index (κ2) is 6.51. The maximum Gasteiger partial charge on any atom is 0.408 e. The molecule has 132 valence electrons. The third kappa shape index (κ3) is 3.43. The summed E-state index contributed by atoms with van der Waals surface area (Å²) in [4.78, 5) is 13.5. The molecule has 2 atom stereocenters. The Balaban J connectivity index is 1.87. The van der Waals surface area contributed by atoms with E-state index in [9.17, 15) is 18.0 Å². The monoisotopic (exact) mass is 344 g/mol. The number of piperidine rings is 1. The van der Waals surface area contributed by atoms with Crippen molar-refractivity contribution >= 4 is 5.91 Å². The Morgan fingerprint density at radius 2 is 1.88 bits per heavy atom. The molecule has 8 heteroatoms. The molecule has 2 N–H and O–H groups in total. The number of carbonyl (C=O) groups excluding carboxylic acids is 1. The van der Waals surface area contributed by atoms with Gasteiger partial charge < -0.3 is 20.1 Å². The van der Waals surface area contributed by atoms with E-state index in [0.29, 0.717) is 31.1 Å². The highest BCUT2D eigenvalue weighted by molar-refractivity contribution is 5.95. The second-order valence-corrected chi connectivity index (χ2v) is 6.06. The predicted molar refractivity (Wildman–Crippen MR) is 80.1 cm³/mol. The van der Waals surface area contributed by atoms with Crippen molar-refractivity contribution in [2.24, 2.45) is 5.73 Å². The number of hydrogen-bond acceptors (Lipinski definition) is 4. The molecule has 0 unspecified atom stereocenters. The van der Waals surface area contributed by atoms with E-state index in [0.717, 1.165) is 4.90 Å². The van der Waals surface area contributed by atoms with Crippen LogP contribution in [0.1, 0.15) is 29.6 Å². The SMILES string of the molecule is N[C@@H]1CC[C@H](C(F)(F)F)N(C(=O)c2ccc3c(c2)OCCCO3)C1. The highest BCUT2D eigenvalue weighted by Gasteiger charge is 2.47. The van der Waals surface area contributed by atoms with Crippen molar-refractivity contribution in [3.05, 3.63) is 23.8 Å². The summed E-state index contributed by atoms with van der Waals surface area (Å²) in [5.74, 6) is 0.179. The van der Waals surface area contributed by atoms with E-state index in [1.165, 1.54) is 12.1 Å². The average molecular weight is 344 g/mol. The van der Waals surface area contributed by atoms with Crippen LogP contribution in [-0.2, 0) is 0 Å². The Morgan fingerprint density at radius 1 is 1.17 bits per heavy atom. The number of benzene rings is 1. The van der Waals surface area contributed by atoms with Gasteiger partial charge in [0.15, 0.2) is 11.5 Å². The molecule has 1 amide bonds. The van der Waals surface area contributed by atoms with E-state index in [4.69, 9.17) is 15.2 Å². The normalized spacial score (nSPS) is 24.4. The lowest BCUT2D eigenvalue weighted by molar-refractivity contribution is -0.184. The molecule has 2 heterocycles. The van der Waals surface area contributed by atoms with Gasteiger partial charge in [-0.25, -0.2) is 0 Å². The maximum absolute atomic E-state index is 13.2. The Labute approximate surface area is 137 Å². The Bertz CT molecular complexity index is 621. The summed E-state index contributed by atoms with van der Waals surface area (Å²) in [6.45, 7) is 0.819. The highest BCUT2D eigenvalue weighted by Crippen LogP contribution is 2.35. The van der Waals surface area contributed by atoms with Crippen LogP contribution in [0.5, 0.6) is 11.5 Å². The quantitative estimate of drug-likeness (QED) is 0.849. The van der Waals surface area contributed by atoms with Crippen LogP contribution in [0.3, 0.4) is 0 Å². The second-order valence-electron chi connectivity index (χ2n) is 6.06. The molecule has 24 heavy (non-hydrogen) atoms. The van der Waals surface area contributed by atoms with Gasteiger partial charge in [-0.3, -0.25) is 4.79 Å². The molecule has 5 nitrogen and oxygen atoms in total. The van der Waals surface area contributed by atoms with E-state index in [1.807, 2.05) is 0 Å². The van der Waals surface area contributed by atoms with Crippen LogP contribution in [0.15, 0.2) is 18.2 Å². The van der Waals surface area contributed by atoms with Crippen molar-refractivity contribution in [1.29, 1.82) is 0 Å². The fraction of sp³-hybridized carbons (Fsp3) is 0.562. The van der Waals surface area contributed by atoms with E-state index in [1.54, 1.807) is 6.07 Å². The number of ether oxygens (including phenoxy) is 2. The van der Waals surface area contributed by atoms with Gasteiger partial charge in [-0.05, 0) is 31.0 Å². The molecule has 1 aromatic rings. The van der Waals surface area contributed by atoms with Crippen LogP contribution < -0.4 is 15.2 Å². The highest BCUT2D eigenvalue weighted by atomic mass is 19.4. The van der Waals surface area contributed by atoms with Gasteiger partial charge in [0.2, 0.25) is 0 Å². The molecule has 0 spiro atoms. The van der Waals surface area contributed by atoms with Crippen molar-refractivity contribution in [1.82, 2.24) is 4.90 Å². The molecule has 3 rings (SSSR count). The first kappa shape index (κ1) is 16.9. The maximum atomic E-state index is 13.2. The van der Waals surface area contributed by atoms with Crippen LogP contribution in [0.25, 0.3) is 0 Å². The molecular formula is C16H19F3N2O3.